The van der Waals surface area contributed by atoms with Crippen molar-refractivity contribution in [3.05, 3.63) is 28.0 Å². The van der Waals surface area contributed by atoms with E-state index in [0.29, 0.717) is 5.70 Å². The van der Waals surface area contributed by atoms with E-state index in [4.69, 9.17) is 5.73 Å². The van der Waals surface area contributed by atoms with Crippen molar-refractivity contribution >= 4 is 0 Å². The zero-order valence-electron chi connectivity index (χ0n) is 5.92. The quantitative estimate of drug-likeness (QED) is 0.560. The minimum absolute atomic E-state index is 0.503. The molecule has 1 aliphatic carbocycles. The lowest BCUT2D eigenvalue weighted by molar-refractivity contribution is 0.869. The van der Waals surface area contributed by atoms with Crippen LogP contribution in [0.15, 0.2) is 28.2 Å². The number of hydrogen-bond acceptors (Lipinski definition) is 3. The molecule has 0 aromatic carbocycles. The highest BCUT2D eigenvalue weighted by atomic mass is 16.3. The van der Waals surface area contributed by atoms with Gasteiger partial charge < -0.3 is 5.73 Å². The lowest BCUT2D eigenvalue weighted by Crippen LogP contribution is -2.03. The molecule has 3 nitrogen and oxygen atoms in total. The summed E-state index contributed by atoms with van der Waals surface area (Å²) in [5.41, 5.74) is 7.78. The average molecular weight is 138 g/mol. The van der Waals surface area contributed by atoms with Crippen LogP contribution in [0.1, 0.15) is 19.8 Å². The molecule has 0 bridgehead atoms. The SMILES string of the molecule is CC1=C(N=O)C=C(N)CC1. The first-order valence-corrected chi connectivity index (χ1v) is 3.23. The summed E-state index contributed by atoms with van der Waals surface area (Å²) >= 11 is 0. The van der Waals surface area contributed by atoms with Crippen LogP contribution in [0.3, 0.4) is 0 Å². The maximum absolute atomic E-state index is 10.1. The summed E-state index contributed by atoms with van der Waals surface area (Å²) in [5.74, 6) is 0. The first-order chi connectivity index (χ1) is 4.74. The molecular weight excluding hydrogens is 128 g/mol. The molecule has 0 saturated carbocycles. The maximum Gasteiger partial charge on any atom is 0.108 e. The Labute approximate surface area is 59.6 Å². The van der Waals surface area contributed by atoms with Gasteiger partial charge in [-0.25, -0.2) is 0 Å². The van der Waals surface area contributed by atoms with E-state index < -0.39 is 0 Å². The van der Waals surface area contributed by atoms with Crippen molar-refractivity contribution in [3.8, 4) is 0 Å². The molecule has 0 aromatic rings. The first kappa shape index (κ1) is 6.99. The molecule has 10 heavy (non-hydrogen) atoms. The van der Waals surface area contributed by atoms with Crippen LogP contribution in [0.5, 0.6) is 0 Å². The lowest BCUT2D eigenvalue weighted by Gasteiger charge is -2.09. The summed E-state index contributed by atoms with van der Waals surface area (Å²) in [4.78, 5) is 10.1. The summed E-state index contributed by atoms with van der Waals surface area (Å²) < 4.78 is 0. The van der Waals surface area contributed by atoms with Gasteiger partial charge in [0.15, 0.2) is 0 Å². The molecule has 2 N–H and O–H groups in total. The minimum atomic E-state index is 0.503. The second-order valence-corrected chi connectivity index (χ2v) is 2.48. The molecule has 0 unspecified atom stereocenters. The average Bonchev–Trinajstić information content (AvgIpc) is 1.94. The molecule has 0 fully saturated rings. The highest BCUT2D eigenvalue weighted by Crippen LogP contribution is 2.21. The fourth-order valence-corrected chi connectivity index (χ4v) is 0.935. The van der Waals surface area contributed by atoms with Crippen molar-refractivity contribution in [1.29, 1.82) is 0 Å². The Kier molecular flexibility index (Phi) is 1.85. The second-order valence-electron chi connectivity index (χ2n) is 2.48. The third kappa shape index (κ3) is 1.23. The van der Waals surface area contributed by atoms with E-state index in [9.17, 15) is 4.91 Å². The van der Waals surface area contributed by atoms with E-state index in [1.165, 1.54) is 0 Å². The van der Waals surface area contributed by atoms with Crippen molar-refractivity contribution in [1.82, 2.24) is 0 Å². The zero-order valence-corrected chi connectivity index (χ0v) is 5.92. The van der Waals surface area contributed by atoms with Crippen LogP contribution >= 0.6 is 0 Å². The van der Waals surface area contributed by atoms with E-state index in [2.05, 4.69) is 5.18 Å². The van der Waals surface area contributed by atoms with Gasteiger partial charge in [0.2, 0.25) is 0 Å². The first-order valence-electron chi connectivity index (χ1n) is 3.23. The number of hydrogen-bond donors (Lipinski definition) is 1. The Hall–Kier alpha value is -1.12. The van der Waals surface area contributed by atoms with E-state index in [0.717, 1.165) is 24.1 Å². The van der Waals surface area contributed by atoms with Gasteiger partial charge in [-0.3, -0.25) is 0 Å². The maximum atomic E-state index is 10.1. The predicted molar refractivity (Wildman–Crippen MR) is 40.0 cm³/mol. The number of nitrogens with two attached hydrogens (primary N) is 1. The Balaban J connectivity index is 2.92. The minimum Gasteiger partial charge on any atom is -0.402 e. The molecule has 3 heteroatoms. The van der Waals surface area contributed by atoms with Crippen LogP contribution in [0.25, 0.3) is 0 Å². The number of nitrogens with zero attached hydrogens (tertiary/aromatic N) is 1. The Bertz CT molecular complexity index is 216. The van der Waals surface area contributed by atoms with Crippen molar-refractivity contribution < 1.29 is 0 Å². The summed E-state index contributed by atoms with van der Waals surface area (Å²) in [6.45, 7) is 1.90. The topological polar surface area (TPSA) is 55.5 Å². The predicted octanol–water partition coefficient (Wildman–Crippen LogP) is 1.66. The lowest BCUT2D eigenvalue weighted by atomic mass is 10.0. The Morgan fingerprint density at radius 1 is 1.60 bits per heavy atom. The van der Waals surface area contributed by atoms with Crippen LogP contribution < -0.4 is 5.73 Å². The second kappa shape index (κ2) is 2.64. The Morgan fingerprint density at radius 2 is 2.30 bits per heavy atom. The van der Waals surface area contributed by atoms with Gasteiger partial charge in [0, 0.05) is 5.70 Å². The summed E-state index contributed by atoms with van der Waals surface area (Å²) in [5, 5.41) is 2.85. The molecule has 1 aliphatic rings. The summed E-state index contributed by atoms with van der Waals surface area (Å²) in [6, 6.07) is 0. The molecule has 0 saturated heterocycles. The van der Waals surface area contributed by atoms with E-state index in [-0.39, 0.29) is 0 Å². The van der Waals surface area contributed by atoms with Crippen molar-refractivity contribution in [2.45, 2.75) is 19.8 Å². The van der Waals surface area contributed by atoms with Crippen LogP contribution in [-0.4, -0.2) is 0 Å². The highest BCUT2D eigenvalue weighted by molar-refractivity contribution is 5.30. The standard InChI is InChI=1S/C7H10N2O/c1-5-2-3-6(8)4-7(5)9-10/h4H,2-3,8H2,1H3. The molecule has 0 spiro atoms. The summed E-state index contributed by atoms with van der Waals surface area (Å²) in [6.07, 6.45) is 3.36. The van der Waals surface area contributed by atoms with Gasteiger partial charge in [-0.2, -0.15) is 0 Å². The zero-order chi connectivity index (χ0) is 7.56. The van der Waals surface area contributed by atoms with E-state index in [1.807, 2.05) is 6.92 Å². The largest absolute Gasteiger partial charge is 0.402 e. The highest BCUT2D eigenvalue weighted by Gasteiger charge is 2.07. The normalized spacial score (nSPS) is 18.7. The van der Waals surface area contributed by atoms with E-state index >= 15 is 0 Å². The monoisotopic (exact) mass is 138 g/mol. The smallest absolute Gasteiger partial charge is 0.108 e. The molecule has 0 aliphatic heterocycles. The number of nitroso groups, excluding NO2 is 1. The number of rotatable bonds is 1. The van der Waals surface area contributed by atoms with Crippen molar-refractivity contribution in [2.24, 2.45) is 10.9 Å². The molecule has 0 atom stereocenters. The van der Waals surface area contributed by atoms with Crippen LogP contribution in [0.4, 0.5) is 0 Å². The van der Waals surface area contributed by atoms with Gasteiger partial charge in [0.05, 0.1) is 0 Å². The summed E-state index contributed by atoms with van der Waals surface area (Å²) in [7, 11) is 0. The molecule has 54 valence electrons. The Morgan fingerprint density at radius 3 is 2.80 bits per heavy atom. The molecule has 0 radical (unpaired) electrons. The van der Waals surface area contributed by atoms with Crippen molar-refractivity contribution in [3.63, 3.8) is 0 Å². The van der Waals surface area contributed by atoms with E-state index in [1.54, 1.807) is 6.08 Å². The molecular formula is C7H10N2O. The molecule has 1 rings (SSSR count). The fraction of sp³-hybridized carbons (Fsp3) is 0.429. The van der Waals surface area contributed by atoms with Gasteiger partial charge >= 0.3 is 0 Å². The van der Waals surface area contributed by atoms with Crippen molar-refractivity contribution in [2.75, 3.05) is 0 Å². The molecule has 0 amide bonds. The molecule has 0 aromatic heterocycles. The van der Waals surface area contributed by atoms with Crippen LogP contribution in [0, 0.1) is 4.91 Å². The third-order valence-electron chi connectivity index (χ3n) is 1.65. The fourth-order valence-electron chi connectivity index (χ4n) is 0.935. The third-order valence-corrected chi connectivity index (χ3v) is 1.65. The van der Waals surface area contributed by atoms with Gasteiger partial charge in [0.25, 0.3) is 0 Å². The van der Waals surface area contributed by atoms with Gasteiger partial charge in [-0.1, -0.05) is 0 Å². The number of allylic oxidation sites excluding steroid dienone is 3. The van der Waals surface area contributed by atoms with Crippen LogP contribution in [0.2, 0.25) is 0 Å². The van der Waals surface area contributed by atoms with Gasteiger partial charge in [-0.05, 0) is 36.6 Å². The molecule has 0 heterocycles. The van der Waals surface area contributed by atoms with Crippen LogP contribution in [-0.2, 0) is 0 Å². The van der Waals surface area contributed by atoms with Gasteiger partial charge in [0.1, 0.15) is 5.70 Å². The van der Waals surface area contributed by atoms with Gasteiger partial charge in [-0.15, -0.1) is 4.91 Å².